The molecule has 2 aliphatic heterocycles. The van der Waals surface area contributed by atoms with Crippen LogP contribution in [-0.2, 0) is 20.6 Å². The Labute approximate surface area is 187 Å². The molecular formula is C26H29FN2O3. The van der Waals surface area contributed by atoms with Crippen molar-refractivity contribution in [3.8, 4) is 0 Å². The summed E-state index contributed by atoms with van der Waals surface area (Å²) in [5.74, 6) is 1.61. The topological polar surface area (TPSA) is 46.7 Å². The molecule has 3 heterocycles. The molecule has 5 rings (SSSR count). The van der Waals surface area contributed by atoms with E-state index in [0.717, 1.165) is 74.0 Å². The van der Waals surface area contributed by atoms with Crippen LogP contribution >= 0.6 is 0 Å². The number of likely N-dealkylation sites (tertiary alicyclic amines) is 1. The van der Waals surface area contributed by atoms with Crippen molar-refractivity contribution in [3.05, 3.63) is 83.8 Å². The molecule has 0 atom stereocenters. The first kappa shape index (κ1) is 20.9. The summed E-state index contributed by atoms with van der Waals surface area (Å²) in [5.41, 5.74) is 3.37. The second-order valence-corrected chi connectivity index (χ2v) is 8.65. The number of rotatable bonds is 7. The molecule has 5 nitrogen and oxygen atoms in total. The Hall–Kier alpha value is -2.99. The minimum absolute atomic E-state index is 0.175. The lowest BCUT2D eigenvalue weighted by atomic mass is 9.90. The van der Waals surface area contributed by atoms with Crippen molar-refractivity contribution in [1.29, 1.82) is 0 Å². The van der Waals surface area contributed by atoms with Crippen LogP contribution in [0.25, 0.3) is 10.9 Å². The fraction of sp³-hybridized carbons (Fsp3) is 0.385. The number of aromatic amines is 1. The Bertz CT molecular complexity index is 1070. The van der Waals surface area contributed by atoms with Gasteiger partial charge in [0.05, 0.1) is 0 Å². The van der Waals surface area contributed by atoms with Crippen LogP contribution in [0, 0.1) is 11.7 Å². The van der Waals surface area contributed by atoms with E-state index in [1.165, 1.54) is 11.6 Å². The van der Waals surface area contributed by atoms with Crippen LogP contribution < -0.4 is 0 Å². The van der Waals surface area contributed by atoms with Gasteiger partial charge in [-0.1, -0.05) is 18.2 Å². The van der Waals surface area contributed by atoms with E-state index >= 15 is 0 Å². The SMILES string of the molecule is Fc1ccc2[nH]cc(CC3CCN(CCOC4=COC(C5=CC=CCC5)=CO4)CC3)c2c1. The molecule has 0 bridgehead atoms. The van der Waals surface area contributed by atoms with E-state index in [4.69, 9.17) is 14.2 Å². The zero-order valence-electron chi connectivity index (χ0n) is 18.2. The van der Waals surface area contributed by atoms with E-state index in [0.29, 0.717) is 18.5 Å². The summed E-state index contributed by atoms with van der Waals surface area (Å²) in [6, 6.07) is 4.96. The van der Waals surface area contributed by atoms with E-state index in [2.05, 4.69) is 22.0 Å². The second-order valence-electron chi connectivity index (χ2n) is 8.65. The number of nitrogens with one attached hydrogen (secondary N) is 1. The van der Waals surface area contributed by atoms with Gasteiger partial charge in [-0.05, 0) is 80.4 Å². The summed E-state index contributed by atoms with van der Waals surface area (Å²) in [7, 11) is 0. The lowest BCUT2D eigenvalue weighted by Gasteiger charge is -2.31. The molecule has 0 amide bonds. The van der Waals surface area contributed by atoms with E-state index in [9.17, 15) is 4.39 Å². The van der Waals surface area contributed by atoms with Gasteiger partial charge in [0.15, 0.2) is 12.0 Å². The molecule has 0 radical (unpaired) electrons. The predicted molar refractivity (Wildman–Crippen MR) is 122 cm³/mol. The van der Waals surface area contributed by atoms with Gasteiger partial charge in [0.1, 0.15) is 18.7 Å². The maximum atomic E-state index is 13.6. The number of benzene rings is 1. The Morgan fingerprint density at radius 2 is 2.06 bits per heavy atom. The number of aromatic nitrogens is 1. The molecule has 1 N–H and O–H groups in total. The first-order valence-corrected chi connectivity index (χ1v) is 11.4. The van der Waals surface area contributed by atoms with Crippen molar-refractivity contribution in [2.24, 2.45) is 5.92 Å². The molecule has 1 aliphatic carbocycles. The van der Waals surface area contributed by atoms with E-state index in [-0.39, 0.29) is 5.82 Å². The molecule has 6 heteroatoms. The first-order chi connectivity index (χ1) is 15.7. The van der Waals surface area contributed by atoms with Gasteiger partial charge in [-0.2, -0.15) is 0 Å². The fourth-order valence-electron chi connectivity index (χ4n) is 4.63. The van der Waals surface area contributed by atoms with Gasteiger partial charge >= 0.3 is 5.95 Å². The van der Waals surface area contributed by atoms with Crippen LogP contribution in [0.4, 0.5) is 4.39 Å². The Morgan fingerprint density at radius 3 is 2.84 bits per heavy atom. The number of nitrogens with zero attached hydrogens (tertiary/aromatic N) is 1. The number of ether oxygens (including phenoxy) is 3. The highest BCUT2D eigenvalue weighted by Crippen LogP contribution is 2.27. The number of fused-ring (bicyclic) bond motifs is 1. The van der Waals surface area contributed by atoms with E-state index in [1.54, 1.807) is 18.6 Å². The molecule has 1 saturated heterocycles. The average Bonchev–Trinajstić information content (AvgIpc) is 3.23. The maximum absolute atomic E-state index is 13.6. The molecule has 1 aromatic carbocycles. The van der Waals surface area contributed by atoms with Gasteiger partial charge in [0.2, 0.25) is 0 Å². The molecule has 1 fully saturated rings. The number of H-pyrrole nitrogens is 1. The number of hydrogen-bond donors (Lipinski definition) is 1. The van der Waals surface area contributed by atoms with Gasteiger partial charge in [-0.3, -0.25) is 4.90 Å². The van der Waals surface area contributed by atoms with Crippen LogP contribution in [0.15, 0.2) is 72.4 Å². The highest BCUT2D eigenvalue weighted by molar-refractivity contribution is 5.83. The third-order valence-corrected chi connectivity index (χ3v) is 6.49. The summed E-state index contributed by atoms with van der Waals surface area (Å²) in [5, 5.41) is 1.01. The largest absolute Gasteiger partial charge is 0.462 e. The zero-order chi connectivity index (χ0) is 21.8. The van der Waals surface area contributed by atoms with Gasteiger partial charge < -0.3 is 19.2 Å². The lowest BCUT2D eigenvalue weighted by Crippen LogP contribution is -2.36. The lowest BCUT2D eigenvalue weighted by molar-refractivity contribution is 0.0371. The Kier molecular flexibility index (Phi) is 6.30. The minimum Gasteiger partial charge on any atom is -0.462 e. The van der Waals surface area contributed by atoms with Gasteiger partial charge in [-0.15, -0.1) is 0 Å². The van der Waals surface area contributed by atoms with Crippen molar-refractivity contribution in [2.75, 3.05) is 26.2 Å². The number of allylic oxidation sites excluding steroid dienone is 4. The Balaban J connectivity index is 1.03. The first-order valence-electron chi connectivity index (χ1n) is 11.4. The van der Waals surface area contributed by atoms with E-state index < -0.39 is 0 Å². The standard InChI is InChI=1S/C26H29FN2O3/c27-22-6-7-24-23(15-22)21(16-28-24)14-19-8-10-29(11-9-19)12-13-30-26-18-31-25(17-32-26)20-4-2-1-3-5-20/h1-2,4,6-7,15-19,28H,3,5,8-14H2. The van der Waals surface area contributed by atoms with Crippen molar-refractivity contribution in [2.45, 2.75) is 32.1 Å². The minimum atomic E-state index is -0.175. The molecule has 1 aromatic heterocycles. The number of halogens is 1. The summed E-state index contributed by atoms with van der Waals surface area (Å²) in [6.07, 6.45) is 16.7. The fourth-order valence-corrected chi connectivity index (χ4v) is 4.63. The number of piperidine rings is 1. The van der Waals surface area contributed by atoms with Crippen LogP contribution in [0.1, 0.15) is 31.2 Å². The molecule has 0 spiro atoms. The third kappa shape index (κ3) is 4.91. The Morgan fingerprint density at radius 1 is 1.16 bits per heavy atom. The third-order valence-electron chi connectivity index (χ3n) is 6.49. The number of hydrogen-bond acceptors (Lipinski definition) is 4. The van der Waals surface area contributed by atoms with Crippen molar-refractivity contribution in [1.82, 2.24) is 9.88 Å². The van der Waals surface area contributed by atoms with Crippen LogP contribution in [0.5, 0.6) is 0 Å². The van der Waals surface area contributed by atoms with Crippen LogP contribution in [0.2, 0.25) is 0 Å². The van der Waals surface area contributed by atoms with E-state index in [1.807, 2.05) is 18.3 Å². The summed E-state index contributed by atoms with van der Waals surface area (Å²) >= 11 is 0. The smallest absolute Gasteiger partial charge is 0.321 e. The van der Waals surface area contributed by atoms with Gasteiger partial charge in [0.25, 0.3) is 0 Å². The molecule has 168 valence electrons. The van der Waals surface area contributed by atoms with Crippen LogP contribution in [-0.4, -0.2) is 36.1 Å². The molecule has 32 heavy (non-hydrogen) atoms. The highest BCUT2D eigenvalue weighted by Gasteiger charge is 2.21. The second kappa shape index (κ2) is 9.65. The molecule has 0 saturated carbocycles. The maximum Gasteiger partial charge on any atom is 0.321 e. The van der Waals surface area contributed by atoms with Crippen molar-refractivity contribution in [3.63, 3.8) is 0 Å². The molecule has 3 aliphatic rings. The predicted octanol–water partition coefficient (Wildman–Crippen LogP) is 5.54. The average molecular weight is 437 g/mol. The normalized spacial score (nSPS) is 19.7. The van der Waals surface area contributed by atoms with Gasteiger partial charge in [0, 0.05) is 23.6 Å². The highest BCUT2D eigenvalue weighted by atomic mass is 19.1. The quantitative estimate of drug-likeness (QED) is 0.619. The molecule has 2 aromatic rings. The van der Waals surface area contributed by atoms with Crippen LogP contribution in [0.3, 0.4) is 0 Å². The monoisotopic (exact) mass is 436 g/mol. The summed E-state index contributed by atoms with van der Waals surface area (Å²) < 4.78 is 30.6. The van der Waals surface area contributed by atoms with Crippen molar-refractivity contribution >= 4 is 10.9 Å². The summed E-state index contributed by atoms with van der Waals surface area (Å²) in [6.45, 7) is 3.52. The van der Waals surface area contributed by atoms with Crippen molar-refractivity contribution < 1.29 is 18.6 Å². The van der Waals surface area contributed by atoms with Gasteiger partial charge in [-0.25, -0.2) is 4.39 Å². The zero-order valence-corrected chi connectivity index (χ0v) is 18.2. The summed E-state index contributed by atoms with van der Waals surface area (Å²) in [4.78, 5) is 5.69. The molecular weight excluding hydrogens is 407 g/mol. The molecule has 0 unspecified atom stereocenters.